The molecule has 9 heteroatoms. The molecule has 0 saturated carbocycles. The fourth-order valence-corrected chi connectivity index (χ4v) is 5.31. The average molecular weight is 362 g/mol. The zero-order valence-electron chi connectivity index (χ0n) is 12.4. The van der Waals surface area contributed by atoms with Crippen LogP contribution in [-0.4, -0.2) is 30.6 Å². The maximum absolute atomic E-state index is 13.2. The van der Waals surface area contributed by atoms with Crippen LogP contribution in [0.15, 0.2) is 48.5 Å². The standard InChI is InChI=1S/C16H10O8S/c17-13(18)15(9-5-1-3-7-11(9)23-15)25(21,22)16(14(19)20)10-6-2-4-8-12(10)24-16/h1-8H,(H,17,18)(H,19,20). The number of carbonyl (C=O) groups is 2. The smallest absolute Gasteiger partial charge is 0.369 e. The number of carboxylic acids is 2. The molecule has 2 heterocycles. The number of rotatable bonds is 4. The molecule has 25 heavy (non-hydrogen) atoms. The first kappa shape index (κ1) is 15.5. The van der Waals surface area contributed by atoms with E-state index in [2.05, 4.69) is 0 Å². The van der Waals surface area contributed by atoms with E-state index in [9.17, 15) is 28.2 Å². The van der Waals surface area contributed by atoms with Crippen LogP contribution in [0.3, 0.4) is 0 Å². The highest BCUT2D eigenvalue weighted by atomic mass is 32.2. The van der Waals surface area contributed by atoms with E-state index in [4.69, 9.17) is 9.47 Å². The molecular weight excluding hydrogens is 352 g/mol. The first-order chi connectivity index (χ1) is 11.8. The van der Waals surface area contributed by atoms with Crippen LogP contribution >= 0.6 is 0 Å². The van der Waals surface area contributed by atoms with Gasteiger partial charge in [-0.3, -0.25) is 0 Å². The van der Waals surface area contributed by atoms with Gasteiger partial charge in [0.05, 0.1) is 11.1 Å². The number of sulfone groups is 1. The SMILES string of the molecule is O=C(O)C1(S(=O)(=O)C2(C(=O)O)Oc3ccccc32)Oc2ccccc21. The van der Waals surface area contributed by atoms with E-state index in [0.29, 0.717) is 0 Å². The fraction of sp³-hybridized carbons (Fsp3) is 0.125. The van der Waals surface area contributed by atoms with Crippen LogP contribution in [0.25, 0.3) is 0 Å². The molecule has 2 aliphatic rings. The molecule has 8 nitrogen and oxygen atoms in total. The minimum Gasteiger partial charge on any atom is -0.477 e. The lowest BCUT2D eigenvalue weighted by Crippen LogP contribution is -2.66. The Morgan fingerprint density at radius 3 is 1.44 bits per heavy atom. The Hall–Kier alpha value is -3.07. The van der Waals surface area contributed by atoms with Crippen molar-refractivity contribution in [2.45, 2.75) is 9.87 Å². The zero-order chi connectivity index (χ0) is 18.0. The summed E-state index contributed by atoms with van der Waals surface area (Å²) >= 11 is 0. The first-order valence-electron chi connectivity index (χ1n) is 7.07. The van der Waals surface area contributed by atoms with E-state index < -0.39 is 31.6 Å². The third-order valence-electron chi connectivity index (χ3n) is 4.31. The van der Waals surface area contributed by atoms with Gasteiger partial charge >= 0.3 is 21.8 Å². The van der Waals surface area contributed by atoms with E-state index in [-0.39, 0.29) is 22.6 Å². The van der Waals surface area contributed by atoms with Gasteiger partial charge in [0, 0.05) is 0 Å². The fourth-order valence-electron chi connectivity index (χ4n) is 3.13. The van der Waals surface area contributed by atoms with Gasteiger partial charge < -0.3 is 19.7 Å². The predicted octanol–water partition coefficient (Wildman–Crippen LogP) is 1.06. The van der Waals surface area contributed by atoms with Crippen LogP contribution in [0.1, 0.15) is 11.1 Å². The molecular formula is C16H10O8S. The molecule has 0 fully saturated rings. The van der Waals surface area contributed by atoms with E-state index in [1.807, 2.05) is 0 Å². The van der Waals surface area contributed by atoms with Crippen LogP contribution in [0, 0.1) is 0 Å². The normalized spacial score (nSPS) is 25.9. The summed E-state index contributed by atoms with van der Waals surface area (Å²) in [5, 5.41) is 19.3. The summed E-state index contributed by atoms with van der Waals surface area (Å²) in [6.07, 6.45) is 0. The third-order valence-corrected chi connectivity index (χ3v) is 6.78. The maximum Gasteiger partial charge on any atom is 0.369 e. The van der Waals surface area contributed by atoms with E-state index in [1.165, 1.54) is 36.4 Å². The highest BCUT2D eigenvalue weighted by Gasteiger charge is 2.77. The number of hydrogen-bond donors (Lipinski definition) is 2. The van der Waals surface area contributed by atoms with Gasteiger partial charge in [-0.05, 0) is 24.3 Å². The van der Waals surface area contributed by atoms with E-state index in [1.54, 1.807) is 12.1 Å². The summed E-state index contributed by atoms with van der Waals surface area (Å²) in [6.45, 7) is 0. The number of carboxylic acid groups (broad SMARTS) is 2. The van der Waals surface area contributed by atoms with E-state index in [0.717, 1.165) is 0 Å². The van der Waals surface area contributed by atoms with Crippen molar-refractivity contribution in [2.75, 3.05) is 0 Å². The Labute approximate surface area is 141 Å². The monoisotopic (exact) mass is 362 g/mol. The first-order valence-corrected chi connectivity index (χ1v) is 8.55. The Bertz CT molecular complexity index is 966. The molecule has 2 aromatic rings. The number of aliphatic carboxylic acids is 2. The average Bonchev–Trinajstić information content (AvgIpc) is 2.49. The van der Waals surface area contributed by atoms with Gasteiger partial charge in [-0.2, -0.15) is 0 Å². The topological polar surface area (TPSA) is 127 Å². The molecule has 2 N–H and O–H groups in total. The molecule has 4 rings (SSSR count). The van der Waals surface area contributed by atoms with Crippen molar-refractivity contribution in [1.82, 2.24) is 0 Å². The summed E-state index contributed by atoms with van der Waals surface area (Å²) < 4.78 is 36.7. The van der Waals surface area contributed by atoms with Gasteiger partial charge in [0.2, 0.25) is 0 Å². The lowest BCUT2D eigenvalue weighted by molar-refractivity contribution is -0.155. The summed E-state index contributed by atoms with van der Waals surface area (Å²) in [7, 11) is -5.06. The second-order valence-corrected chi connectivity index (χ2v) is 7.70. The minimum absolute atomic E-state index is 0.0571. The van der Waals surface area contributed by atoms with Crippen LogP contribution in [0.5, 0.6) is 11.5 Å². The Kier molecular flexibility index (Phi) is 2.79. The molecule has 128 valence electrons. The summed E-state index contributed by atoms with van der Waals surface area (Å²) in [4.78, 5) is 18.1. The van der Waals surface area contributed by atoms with Crippen LogP contribution in [0.4, 0.5) is 0 Å². The van der Waals surface area contributed by atoms with Crippen molar-refractivity contribution in [1.29, 1.82) is 0 Å². The number of ether oxygens (including phenoxy) is 2. The third kappa shape index (κ3) is 1.49. The van der Waals surface area contributed by atoms with Crippen LogP contribution in [-0.2, 0) is 29.3 Å². The molecule has 0 aromatic heterocycles. The van der Waals surface area contributed by atoms with Gasteiger partial charge in [0.25, 0.3) is 9.84 Å². The number of fused-ring (bicyclic) bond motifs is 2. The highest BCUT2D eigenvalue weighted by Crippen LogP contribution is 2.58. The molecule has 0 bridgehead atoms. The molecule has 2 atom stereocenters. The largest absolute Gasteiger partial charge is 0.477 e. The van der Waals surface area contributed by atoms with Gasteiger partial charge in [0.1, 0.15) is 11.5 Å². The molecule has 0 spiro atoms. The molecule has 0 aliphatic carbocycles. The molecule has 0 radical (unpaired) electrons. The molecule has 0 amide bonds. The Morgan fingerprint density at radius 1 is 0.760 bits per heavy atom. The lowest BCUT2D eigenvalue weighted by atomic mass is 10.0. The van der Waals surface area contributed by atoms with Crippen molar-refractivity contribution in [2.24, 2.45) is 0 Å². The Balaban J connectivity index is 1.99. The van der Waals surface area contributed by atoms with Gasteiger partial charge in [-0.15, -0.1) is 0 Å². The molecule has 2 aliphatic heterocycles. The maximum atomic E-state index is 13.2. The number of hydrogen-bond acceptors (Lipinski definition) is 6. The summed E-state index contributed by atoms with van der Waals surface area (Å²) in [6, 6.07) is 11.3. The lowest BCUT2D eigenvalue weighted by Gasteiger charge is -2.47. The highest BCUT2D eigenvalue weighted by molar-refractivity contribution is 7.94. The second kappa shape index (κ2) is 4.51. The summed E-state index contributed by atoms with van der Waals surface area (Å²) in [5.41, 5.74) is -0.285. The van der Waals surface area contributed by atoms with Gasteiger partial charge in [-0.25, -0.2) is 18.0 Å². The molecule has 2 aromatic carbocycles. The number of benzene rings is 2. The predicted molar refractivity (Wildman–Crippen MR) is 81.7 cm³/mol. The second-order valence-electron chi connectivity index (χ2n) is 5.54. The van der Waals surface area contributed by atoms with Crippen LogP contribution in [0.2, 0.25) is 0 Å². The zero-order valence-corrected chi connectivity index (χ0v) is 13.2. The minimum atomic E-state index is -5.06. The van der Waals surface area contributed by atoms with Gasteiger partial charge in [0.15, 0.2) is 0 Å². The molecule has 0 saturated heterocycles. The van der Waals surface area contributed by atoms with Crippen molar-refractivity contribution in [3.05, 3.63) is 59.7 Å². The number of para-hydroxylation sites is 2. The van der Waals surface area contributed by atoms with Crippen molar-refractivity contribution in [3.8, 4) is 11.5 Å². The van der Waals surface area contributed by atoms with Crippen molar-refractivity contribution < 1.29 is 37.7 Å². The van der Waals surface area contributed by atoms with E-state index >= 15 is 0 Å². The Morgan fingerprint density at radius 2 is 1.12 bits per heavy atom. The molecule has 2 unspecified atom stereocenters. The van der Waals surface area contributed by atoms with Gasteiger partial charge in [-0.1, -0.05) is 24.3 Å². The quantitative estimate of drug-likeness (QED) is 0.826. The van der Waals surface area contributed by atoms with Crippen molar-refractivity contribution in [3.63, 3.8) is 0 Å². The summed E-state index contributed by atoms with van der Waals surface area (Å²) in [5.74, 6) is -3.55. The van der Waals surface area contributed by atoms with Crippen LogP contribution < -0.4 is 9.47 Å². The van der Waals surface area contributed by atoms with Crippen molar-refractivity contribution >= 4 is 21.8 Å².